The van der Waals surface area contributed by atoms with Gasteiger partial charge in [-0.15, -0.1) is 0 Å². The fourth-order valence-corrected chi connectivity index (χ4v) is 3.17. The molecule has 0 aliphatic carbocycles. The van der Waals surface area contributed by atoms with Gasteiger partial charge < -0.3 is 10.6 Å². The molecule has 0 fully saturated rings. The van der Waals surface area contributed by atoms with Gasteiger partial charge in [0.1, 0.15) is 17.5 Å². The summed E-state index contributed by atoms with van der Waals surface area (Å²) >= 11 is 0. The minimum absolute atomic E-state index is 0.201. The van der Waals surface area contributed by atoms with Crippen LogP contribution >= 0.6 is 0 Å². The molecule has 126 valence electrons. The summed E-state index contributed by atoms with van der Waals surface area (Å²) in [6.07, 6.45) is 4.62. The van der Waals surface area contributed by atoms with Crippen molar-refractivity contribution in [3.63, 3.8) is 0 Å². The number of fused-ring (bicyclic) bond motifs is 1. The first kappa shape index (κ1) is 15.6. The third kappa shape index (κ3) is 3.45. The molecule has 5 heteroatoms. The van der Waals surface area contributed by atoms with Gasteiger partial charge in [0.05, 0.1) is 0 Å². The van der Waals surface area contributed by atoms with E-state index in [0.717, 1.165) is 24.6 Å². The van der Waals surface area contributed by atoms with Crippen LogP contribution in [-0.2, 0) is 13.0 Å². The van der Waals surface area contributed by atoms with Crippen molar-refractivity contribution in [2.75, 3.05) is 17.2 Å². The lowest BCUT2D eigenvalue weighted by atomic mass is 9.96. The van der Waals surface area contributed by atoms with E-state index >= 15 is 0 Å². The summed E-state index contributed by atoms with van der Waals surface area (Å²) in [5.74, 6) is 1.96. The Balaban J connectivity index is 1.39. The van der Waals surface area contributed by atoms with Crippen molar-refractivity contribution in [3.05, 3.63) is 83.4 Å². The summed E-state index contributed by atoms with van der Waals surface area (Å²) in [4.78, 5) is 8.81. The fraction of sp³-hybridized carbons (Fsp3) is 0.200. The molecule has 3 heterocycles. The molecule has 3 aromatic rings. The standard InChI is InChI=1S/C20H19FN4/c21-18-6-2-1-4-15(18)12-24-19-8-7-14(11-23-19)10-16-13-25-20-17(16)5-3-9-22-20/h1-9,11,16H,10,12-13H2,(H,22,25)(H,23,24). The minimum Gasteiger partial charge on any atom is -0.369 e. The molecule has 0 bridgehead atoms. The smallest absolute Gasteiger partial charge is 0.129 e. The second-order valence-electron chi connectivity index (χ2n) is 6.22. The molecule has 0 amide bonds. The molecule has 1 aromatic carbocycles. The highest BCUT2D eigenvalue weighted by Gasteiger charge is 2.22. The molecule has 2 aromatic heterocycles. The summed E-state index contributed by atoms with van der Waals surface area (Å²) in [6, 6.07) is 14.9. The van der Waals surface area contributed by atoms with Gasteiger partial charge in [-0.2, -0.15) is 0 Å². The fourth-order valence-electron chi connectivity index (χ4n) is 3.17. The van der Waals surface area contributed by atoms with Crippen LogP contribution in [0.4, 0.5) is 16.0 Å². The molecule has 0 saturated carbocycles. The monoisotopic (exact) mass is 334 g/mol. The molecule has 0 spiro atoms. The number of benzene rings is 1. The zero-order chi connectivity index (χ0) is 17.1. The number of nitrogens with one attached hydrogen (secondary N) is 2. The maximum Gasteiger partial charge on any atom is 0.129 e. The van der Waals surface area contributed by atoms with E-state index in [2.05, 4.69) is 32.7 Å². The minimum atomic E-state index is -0.201. The maximum atomic E-state index is 13.6. The van der Waals surface area contributed by atoms with Crippen molar-refractivity contribution in [1.82, 2.24) is 9.97 Å². The van der Waals surface area contributed by atoms with Crippen LogP contribution in [0.15, 0.2) is 60.9 Å². The summed E-state index contributed by atoms with van der Waals surface area (Å²) in [5.41, 5.74) is 3.08. The van der Waals surface area contributed by atoms with E-state index in [1.807, 2.05) is 30.6 Å². The van der Waals surface area contributed by atoms with E-state index in [1.54, 1.807) is 12.1 Å². The summed E-state index contributed by atoms with van der Waals surface area (Å²) in [6.45, 7) is 1.32. The first-order valence-electron chi connectivity index (χ1n) is 8.40. The molecule has 0 radical (unpaired) electrons. The number of anilines is 2. The topological polar surface area (TPSA) is 49.8 Å². The Morgan fingerprint density at radius 1 is 1.08 bits per heavy atom. The van der Waals surface area contributed by atoms with Crippen LogP contribution in [0.2, 0.25) is 0 Å². The average molecular weight is 334 g/mol. The number of hydrogen-bond acceptors (Lipinski definition) is 4. The Morgan fingerprint density at radius 3 is 2.84 bits per heavy atom. The number of hydrogen-bond donors (Lipinski definition) is 2. The molecule has 1 aliphatic heterocycles. The SMILES string of the molecule is Fc1ccccc1CNc1ccc(CC2CNc3ncccc32)cn1. The Bertz CT molecular complexity index is 864. The Hall–Kier alpha value is -2.95. The van der Waals surface area contributed by atoms with Crippen LogP contribution in [0.3, 0.4) is 0 Å². The van der Waals surface area contributed by atoms with Crippen molar-refractivity contribution in [3.8, 4) is 0 Å². The van der Waals surface area contributed by atoms with Gasteiger partial charge >= 0.3 is 0 Å². The maximum absolute atomic E-state index is 13.6. The van der Waals surface area contributed by atoms with Crippen LogP contribution in [0, 0.1) is 5.82 Å². The number of halogens is 1. The average Bonchev–Trinajstić information content (AvgIpc) is 3.05. The molecule has 1 aliphatic rings. The Morgan fingerprint density at radius 2 is 2.00 bits per heavy atom. The van der Waals surface area contributed by atoms with Gasteiger partial charge in [0.25, 0.3) is 0 Å². The number of nitrogens with zero attached hydrogens (tertiary/aromatic N) is 2. The number of rotatable bonds is 5. The highest BCUT2D eigenvalue weighted by atomic mass is 19.1. The molecule has 25 heavy (non-hydrogen) atoms. The van der Waals surface area contributed by atoms with Crippen LogP contribution in [0.1, 0.15) is 22.6 Å². The second kappa shape index (κ2) is 6.89. The zero-order valence-corrected chi connectivity index (χ0v) is 13.7. The Labute approximate surface area is 146 Å². The lowest BCUT2D eigenvalue weighted by molar-refractivity contribution is 0.613. The predicted molar refractivity (Wildman–Crippen MR) is 97.1 cm³/mol. The van der Waals surface area contributed by atoms with Crippen LogP contribution in [0.5, 0.6) is 0 Å². The first-order chi connectivity index (χ1) is 12.3. The van der Waals surface area contributed by atoms with Crippen molar-refractivity contribution >= 4 is 11.6 Å². The second-order valence-corrected chi connectivity index (χ2v) is 6.22. The molecule has 4 rings (SSSR count). The molecule has 0 saturated heterocycles. The first-order valence-corrected chi connectivity index (χ1v) is 8.40. The van der Waals surface area contributed by atoms with E-state index in [0.29, 0.717) is 18.0 Å². The van der Waals surface area contributed by atoms with Gasteiger partial charge in [0.15, 0.2) is 0 Å². The van der Waals surface area contributed by atoms with E-state index < -0.39 is 0 Å². The van der Waals surface area contributed by atoms with Crippen molar-refractivity contribution < 1.29 is 4.39 Å². The van der Waals surface area contributed by atoms with Crippen molar-refractivity contribution in [2.24, 2.45) is 0 Å². The van der Waals surface area contributed by atoms with Gasteiger partial charge in [-0.25, -0.2) is 14.4 Å². The van der Waals surface area contributed by atoms with Gasteiger partial charge in [0, 0.05) is 37.0 Å². The molecule has 2 N–H and O–H groups in total. The lowest BCUT2D eigenvalue weighted by Gasteiger charge is -2.11. The van der Waals surface area contributed by atoms with Gasteiger partial charge in [-0.3, -0.25) is 0 Å². The van der Waals surface area contributed by atoms with Crippen molar-refractivity contribution in [1.29, 1.82) is 0 Å². The number of aromatic nitrogens is 2. The highest BCUT2D eigenvalue weighted by molar-refractivity contribution is 5.52. The number of pyridine rings is 2. The van der Waals surface area contributed by atoms with E-state index in [-0.39, 0.29) is 5.82 Å². The molecule has 4 nitrogen and oxygen atoms in total. The lowest BCUT2D eigenvalue weighted by Crippen LogP contribution is -2.07. The summed E-state index contributed by atoms with van der Waals surface area (Å²) in [5, 5.41) is 6.51. The van der Waals surface area contributed by atoms with E-state index in [4.69, 9.17) is 0 Å². The van der Waals surface area contributed by atoms with Crippen molar-refractivity contribution in [2.45, 2.75) is 18.9 Å². The summed E-state index contributed by atoms with van der Waals surface area (Å²) < 4.78 is 13.6. The molecule has 1 unspecified atom stereocenters. The molecular formula is C20H19FN4. The predicted octanol–water partition coefficient (Wildman–Crippen LogP) is 3.98. The molecular weight excluding hydrogens is 315 g/mol. The summed E-state index contributed by atoms with van der Waals surface area (Å²) in [7, 11) is 0. The van der Waals surface area contributed by atoms with E-state index in [9.17, 15) is 4.39 Å². The molecule has 1 atom stereocenters. The van der Waals surface area contributed by atoms with Crippen LogP contribution < -0.4 is 10.6 Å². The van der Waals surface area contributed by atoms with Crippen LogP contribution in [-0.4, -0.2) is 16.5 Å². The largest absolute Gasteiger partial charge is 0.369 e. The van der Waals surface area contributed by atoms with Gasteiger partial charge in [-0.1, -0.05) is 30.3 Å². The van der Waals surface area contributed by atoms with Gasteiger partial charge in [0.2, 0.25) is 0 Å². The quantitative estimate of drug-likeness (QED) is 0.741. The Kier molecular flexibility index (Phi) is 4.29. The zero-order valence-electron chi connectivity index (χ0n) is 13.7. The third-order valence-electron chi connectivity index (χ3n) is 4.52. The highest BCUT2D eigenvalue weighted by Crippen LogP contribution is 2.31. The van der Waals surface area contributed by atoms with E-state index in [1.165, 1.54) is 17.2 Å². The van der Waals surface area contributed by atoms with Crippen LogP contribution in [0.25, 0.3) is 0 Å². The normalized spacial score (nSPS) is 15.5. The van der Waals surface area contributed by atoms with Gasteiger partial charge in [-0.05, 0) is 35.7 Å². The third-order valence-corrected chi connectivity index (χ3v) is 4.52.